The van der Waals surface area contributed by atoms with Gasteiger partial charge in [-0.05, 0) is 70.4 Å². The third-order valence-corrected chi connectivity index (χ3v) is 6.56. The summed E-state index contributed by atoms with van der Waals surface area (Å²) in [5.74, 6) is 0.686. The Bertz CT molecular complexity index is 745. The molecule has 0 amide bonds. The van der Waals surface area contributed by atoms with Crippen LogP contribution in [0.4, 0.5) is 0 Å². The SMILES string of the molecule is CCN(CC)CCCC(C)NC(=NC)NCCNS(=O)(=O)c1cc(C)ccc1C. The van der Waals surface area contributed by atoms with Gasteiger partial charge in [0.2, 0.25) is 10.0 Å². The quantitative estimate of drug-likeness (QED) is 0.272. The summed E-state index contributed by atoms with van der Waals surface area (Å²) in [6.07, 6.45) is 2.18. The first-order valence-corrected chi connectivity index (χ1v) is 12.0. The zero-order valence-corrected chi connectivity index (χ0v) is 19.7. The van der Waals surface area contributed by atoms with Crippen LogP contribution >= 0.6 is 0 Å². The molecule has 0 aliphatic rings. The van der Waals surface area contributed by atoms with Gasteiger partial charge in [-0.2, -0.15) is 0 Å². The molecule has 0 spiro atoms. The molecule has 0 aromatic heterocycles. The number of rotatable bonds is 12. The van der Waals surface area contributed by atoms with Gasteiger partial charge in [0.15, 0.2) is 5.96 Å². The van der Waals surface area contributed by atoms with E-state index in [0.717, 1.165) is 43.6 Å². The molecule has 1 aromatic carbocycles. The van der Waals surface area contributed by atoms with Crippen LogP contribution in [0.5, 0.6) is 0 Å². The van der Waals surface area contributed by atoms with Crippen LogP contribution in [-0.4, -0.2) is 65.1 Å². The van der Waals surface area contributed by atoms with Crippen LogP contribution in [0.2, 0.25) is 0 Å². The smallest absolute Gasteiger partial charge is 0.240 e. The average molecular weight is 426 g/mol. The Labute approximate surface area is 177 Å². The third-order valence-electron chi connectivity index (χ3n) is 4.96. The summed E-state index contributed by atoms with van der Waals surface area (Å²) in [6, 6.07) is 5.74. The predicted molar refractivity (Wildman–Crippen MR) is 122 cm³/mol. The van der Waals surface area contributed by atoms with Crippen LogP contribution < -0.4 is 15.4 Å². The number of nitrogens with zero attached hydrogens (tertiary/aromatic N) is 2. The van der Waals surface area contributed by atoms with Gasteiger partial charge in [0.25, 0.3) is 0 Å². The van der Waals surface area contributed by atoms with E-state index < -0.39 is 10.0 Å². The number of aryl methyl sites for hydroxylation is 2. The van der Waals surface area contributed by atoms with Gasteiger partial charge < -0.3 is 15.5 Å². The molecule has 0 aliphatic heterocycles. The second kappa shape index (κ2) is 12.8. The normalized spacial score (nSPS) is 13.6. The van der Waals surface area contributed by atoms with E-state index in [1.807, 2.05) is 19.1 Å². The molecule has 1 rings (SSSR count). The maximum absolute atomic E-state index is 12.5. The molecule has 166 valence electrons. The minimum Gasteiger partial charge on any atom is -0.355 e. The predicted octanol–water partition coefficient (Wildman–Crippen LogP) is 2.26. The van der Waals surface area contributed by atoms with E-state index >= 15 is 0 Å². The first-order valence-electron chi connectivity index (χ1n) is 10.5. The maximum atomic E-state index is 12.5. The lowest BCUT2D eigenvalue weighted by Gasteiger charge is -2.21. The Morgan fingerprint density at radius 3 is 2.48 bits per heavy atom. The Kier molecular flexibility index (Phi) is 11.2. The van der Waals surface area contributed by atoms with Crippen molar-refractivity contribution in [1.29, 1.82) is 0 Å². The monoisotopic (exact) mass is 425 g/mol. The number of nitrogens with one attached hydrogen (secondary N) is 3. The second-order valence-electron chi connectivity index (χ2n) is 7.38. The molecule has 8 heteroatoms. The number of hydrogen-bond acceptors (Lipinski definition) is 4. The Balaban J connectivity index is 2.40. The minimum absolute atomic E-state index is 0.284. The molecular formula is C21H39N5O2S. The van der Waals surface area contributed by atoms with Crippen LogP contribution in [-0.2, 0) is 10.0 Å². The summed E-state index contributed by atoms with van der Waals surface area (Å²) < 4.78 is 27.7. The van der Waals surface area contributed by atoms with E-state index in [0.29, 0.717) is 23.4 Å². The number of benzene rings is 1. The lowest BCUT2D eigenvalue weighted by atomic mass is 10.2. The molecule has 1 aromatic rings. The Morgan fingerprint density at radius 2 is 1.86 bits per heavy atom. The average Bonchev–Trinajstić information content (AvgIpc) is 2.69. The zero-order chi connectivity index (χ0) is 21.9. The Hall–Kier alpha value is -1.64. The van der Waals surface area contributed by atoms with Gasteiger partial charge in [0, 0.05) is 26.2 Å². The van der Waals surface area contributed by atoms with Gasteiger partial charge in [-0.25, -0.2) is 13.1 Å². The number of guanidine groups is 1. The summed E-state index contributed by atoms with van der Waals surface area (Å²) in [5.41, 5.74) is 1.67. The molecule has 0 saturated carbocycles. The van der Waals surface area contributed by atoms with E-state index in [1.54, 1.807) is 20.0 Å². The standard InChI is InChI=1S/C21H39N5O2S/c1-7-26(8-2)15-9-10-19(5)25-21(22-6)23-13-14-24-29(27,28)20-16-17(3)11-12-18(20)4/h11-12,16,19,24H,7-10,13-15H2,1-6H3,(H2,22,23,25). The fourth-order valence-corrected chi connectivity index (χ4v) is 4.46. The zero-order valence-electron chi connectivity index (χ0n) is 18.9. The highest BCUT2D eigenvalue weighted by molar-refractivity contribution is 7.89. The minimum atomic E-state index is -3.52. The molecular weight excluding hydrogens is 386 g/mol. The van der Waals surface area contributed by atoms with Gasteiger partial charge in [0.1, 0.15) is 0 Å². The maximum Gasteiger partial charge on any atom is 0.240 e. The van der Waals surface area contributed by atoms with Crippen molar-refractivity contribution >= 4 is 16.0 Å². The van der Waals surface area contributed by atoms with Gasteiger partial charge in [-0.15, -0.1) is 0 Å². The largest absolute Gasteiger partial charge is 0.355 e. The summed E-state index contributed by atoms with van der Waals surface area (Å²) in [6.45, 7) is 14.2. The highest BCUT2D eigenvalue weighted by Crippen LogP contribution is 2.16. The fraction of sp³-hybridized carbons (Fsp3) is 0.667. The second-order valence-corrected chi connectivity index (χ2v) is 9.12. The van der Waals surface area contributed by atoms with Crippen LogP contribution in [0.3, 0.4) is 0 Å². The number of sulfonamides is 1. The van der Waals surface area contributed by atoms with Crippen molar-refractivity contribution in [3.05, 3.63) is 29.3 Å². The van der Waals surface area contributed by atoms with Gasteiger partial charge >= 0.3 is 0 Å². The van der Waals surface area contributed by atoms with Crippen molar-refractivity contribution in [1.82, 2.24) is 20.3 Å². The lowest BCUT2D eigenvalue weighted by molar-refractivity contribution is 0.292. The molecule has 0 heterocycles. The van der Waals surface area contributed by atoms with Crippen LogP contribution in [0.1, 0.15) is 44.7 Å². The molecule has 7 nitrogen and oxygen atoms in total. The molecule has 1 atom stereocenters. The molecule has 29 heavy (non-hydrogen) atoms. The number of hydrogen-bond donors (Lipinski definition) is 3. The molecule has 3 N–H and O–H groups in total. The van der Waals surface area contributed by atoms with Crippen molar-refractivity contribution in [2.75, 3.05) is 39.8 Å². The van der Waals surface area contributed by atoms with Gasteiger partial charge in [0.05, 0.1) is 4.90 Å². The Morgan fingerprint density at radius 1 is 1.17 bits per heavy atom. The van der Waals surface area contributed by atoms with E-state index in [9.17, 15) is 8.42 Å². The van der Waals surface area contributed by atoms with Crippen LogP contribution in [0.15, 0.2) is 28.1 Å². The molecule has 0 bridgehead atoms. The van der Waals surface area contributed by atoms with Crippen molar-refractivity contribution in [2.24, 2.45) is 4.99 Å². The third kappa shape index (κ3) is 9.14. The molecule has 0 saturated heterocycles. The van der Waals surface area contributed by atoms with Gasteiger partial charge in [-0.3, -0.25) is 4.99 Å². The summed E-state index contributed by atoms with van der Waals surface area (Å²) >= 11 is 0. The molecule has 1 unspecified atom stereocenters. The van der Waals surface area contributed by atoms with Gasteiger partial charge in [-0.1, -0.05) is 26.0 Å². The summed E-state index contributed by atoms with van der Waals surface area (Å²) in [5, 5.41) is 6.54. The van der Waals surface area contributed by atoms with Crippen molar-refractivity contribution in [2.45, 2.75) is 58.4 Å². The van der Waals surface area contributed by atoms with E-state index in [2.05, 4.69) is 46.0 Å². The molecule has 0 fully saturated rings. The van der Waals surface area contributed by atoms with Crippen molar-refractivity contribution in [3.63, 3.8) is 0 Å². The van der Waals surface area contributed by atoms with Crippen molar-refractivity contribution < 1.29 is 8.42 Å². The topological polar surface area (TPSA) is 85.8 Å². The first kappa shape index (κ1) is 25.4. The lowest BCUT2D eigenvalue weighted by Crippen LogP contribution is -2.45. The highest BCUT2D eigenvalue weighted by atomic mass is 32.2. The molecule has 0 radical (unpaired) electrons. The van der Waals surface area contributed by atoms with Crippen LogP contribution in [0.25, 0.3) is 0 Å². The highest BCUT2D eigenvalue weighted by Gasteiger charge is 2.16. The summed E-state index contributed by atoms with van der Waals surface area (Å²) in [4.78, 5) is 6.98. The summed E-state index contributed by atoms with van der Waals surface area (Å²) in [7, 11) is -1.80. The van der Waals surface area contributed by atoms with Crippen molar-refractivity contribution in [3.8, 4) is 0 Å². The number of aliphatic imine (C=N–C) groups is 1. The van der Waals surface area contributed by atoms with E-state index in [1.165, 1.54) is 0 Å². The molecule has 0 aliphatic carbocycles. The fourth-order valence-electron chi connectivity index (χ4n) is 3.10. The first-order chi connectivity index (χ1) is 13.7. The van der Waals surface area contributed by atoms with Crippen LogP contribution in [0, 0.1) is 13.8 Å². The van der Waals surface area contributed by atoms with E-state index in [4.69, 9.17) is 0 Å². The van der Waals surface area contributed by atoms with E-state index in [-0.39, 0.29) is 6.54 Å².